The predicted octanol–water partition coefficient (Wildman–Crippen LogP) is 15.5. The van der Waals surface area contributed by atoms with Crippen LogP contribution >= 0.6 is 0 Å². The molecule has 0 N–H and O–H groups in total. The van der Waals surface area contributed by atoms with E-state index in [-0.39, 0.29) is 0 Å². The molecule has 4 aromatic heterocycles. The highest BCUT2D eigenvalue weighted by Gasteiger charge is 2.17. The summed E-state index contributed by atoms with van der Waals surface area (Å²) in [5.74, 6) is 0. The second kappa shape index (κ2) is 16.5. The van der Waals surface area contributed by atoms with Crippen LogP contribution in [0.1, 0.15) is 33.6 Å². The van der Waals surface area contributed by atoms with E-state index in [9.17, 15) is 0 Å². The van der Waals surface area contributed by atoms with Gasteiger partial charge < -0.3 is 0 Å². The fraction of sp³-hybridized carbons (Fsp3) is 0.0333. The molecular formula is C60H42N4. The Balaban J connectivity index is 1.02. The maximum atomic E-state index is 5.41. The largest absolute Gasteiger partial charge is 0.246 e. The van der Waals surface area contributed by atoms with Crippen LogP contribution in [0.3, 0.4) is 0 Å². The first kappa shape index (κ1) is 38.6. The van der Waals surface area contributed by atoms with Crippen molar-refractivity contribution in [1.29, 1.82) is 0 Å². The van der Waals surface area contributed by atoms with E-state index >= 15 is 0 Å². The van der Waals surface area contributed by atoms with Crippen molar-refractivity contribution in [2.75, 3.05) is 0 Å². The van der Waals surface area contributed by atoms with E-state index in [4.69, 9.17) is 19.9 Å². The molecule has 11 rings (SSSR count). The average molecular weight is 819 g/mol. The van der Waals surface area contributed by atoms with Crippen molar-refractivity contribution >= 4 is 67.9 Å². The Hall–Kier alpha value is -8.34. The summed E-state index contributed by atoms with van der Waals surface area (Å²) >= 11 is 0. The van der Waals surface area contributed by atoms with Crippen LogP contribution in [0.4, 0.5) is 0 Å². The van der Waals surface area contributed by atoms with Crippen LogP contribution in [0, 0.1) is 13.8 Å². The Labute approximate surface area is 372 Å². The zero-order chi connectivity index (χ0) is 43.0. The summed E-state index contributed by atoms with van der Waals surface area (Å²) in [6, 6.07) is 68.0. The summed E-state index contributed by atoms with van der Waals surface area (Å²) in [4.78, 5) is 21.3. The molecule has 0 radical (unpaired) electrons. The van der Waals surface area contributed by atoms with Gasteiger partial charge in [0.1, 0.15) is 0 Å². The van der Waals surface area contributed by atoms with Crippen molar-refractivity contribution in [3.63, 3.8) is 0 Å². The van der Waals surface area contributed by atoms with Crippen LogP contribution < -0.4 is 0 Å². The molecule has 0 saturated carbocycles. The molecule has 64 heavy (non-hydrogen) atoms. The van der Waals surface area contributed by atoms with E-state index in [1.54, 1.807) is 0 Å². The molecule has 0 fully saturated rings. The highest BCUT2D eigenvalue weighted by molar-refractivity contribution is 6.10. The van der Waals surface area contributed by atoms with Crippen LogP contribution in [0.5, 0.6) is 0 Å². The van der Waals surface area contributed by atoms with Gasteiger partial charge in [-0.1, -0.05) is 170 Å². The van der Waals surface area contributed by atoms with Gasteiger partial charge in [0.05, 0.1) is 44.8 Å². The smallest absolute Gasteiger partial charge is 0.0978 e. The number of pyridine rings is 4. The van der Waals surface area contributed by atoms with Gasteiger partial charge in [-0.2, -0.15) is 0 Å². The molecule has 4 nitrogen and oxygen atoms in total. The highest BCUT2D eigenvalue weighted by Crippen LogP contribution is 2.38. The number of aryl methyl sites for hydroxylation is 2. The summed E-state index contributed by atoms with van der Waals surface area (Å²) in [6.07, 6.45) is 8.43. The quantitative estimate of drug-likeness (QED) is 0.143. The number of benzene rings is 7. The van der Waals surface area contributed by atoms with Gasteiger partial charge in [-0.25, -0.2) is 19.9 Å². The zero-order valence-corrected chi connectivity index (χ0v) is 35.6. The molecule has 4 heterocycles. The molecule has 0 atom stereocenters. The molecule has 4 heteroatoms. The predicted molar refractivity (Wildman–Crippen MR) is 270 cm³/mol. The van der Waals surface area contributed by atoms with Crippen LogP contribution in [0.25, 0.3) is 113 Å². The van der Waals surface area contributed by atoms with Crippen LogP contribution in [-0.4, -0.2) is 19.9 Å². The van der Waals surface area contributed by atoms with E-state index in [2.05, 4.69) is 220 Å². The van der Waals surface area contributed by atoms with E-state index in [1.807, 2.05) is 12.1 Å². The maximum absolute atomic E-state index is 5.41. The molecular weight excluding hydrogens is 777 g/mol. The Morgan fingerprint density at radius 2 is 0.688 bits per heavy atom. The average Bonchev–Trinajstić information content (AvgIpc) is 3.36. The molecule has 0 spiro atoms. The first-order valence-corrected chi connectivity index (χ1v) is 21.7. The van der Waals surface area contributed by atoms with E-state index in [1.165, 1.54) is 0 Å². The Morgan fingerprint density at radius 3 is 1.09 bits per heavy atom. The third-order valence-corrected chi connectivity index (χ3v) is 12.1. The minimum atomic E-state index is 0.881. The molecule has 0 aliphatic carbocycles. The molecule has 0 aliphatic rings. The summed E-state index contributed by atoms with van der Waals surface area (Å²) in [6.45, 7) is 4.34. The van der Waals surface area contributed by atoms with Crippen LogP contribution in [0.15, 0.2) is 194 Å². The van der Waals surface area contributed by atoms with E-state index in [0.29, 0.717) is 0 Å². The van der Waals surface area contributed by atoms with Gasteiger partial charge in [0.15, 0.2) is 0 Å². The molecule has 0 amide bonds. The molecule has 302 valence electrons. The summed E-state index contributed by atoms with van der Waals surface area (Å²) in [5.41, 5.74) is 18.3. The van der Waals surface area contributed by atoms with E-state index in [0.717, 1.165) is 122 Å². The SMILES string of the molecule is Cc1cc(-c2ccc3ccc4c(-c5ccccc5)cc(/C=C/c5ccccc5)nc4c3n2)c(C)cc1-c1ccc2ccc3c(-c4ccccc4)cc(/C=C/c4ccccc4)nc3c2n1. The van der Waals surface area contributed by atoms with Gasteiger partial charge in [-0.3, -0.25) is 0 Å². The van der Waals surface area contributed by atoms with Crippen LogP contribution in [-0.2, 0) is 0 Å². The van der Waals surface area contributed by atoms with E-state index < -0.39 is 0 Å². The number of aromatic nitrogens is 4. The van der Waals surface area contributed by atoms with Gasteiger partial charge >= 0.3 is 0 Å². The molecule has 7 aromatic carbocycles. The standard InChI is InChI=1S/C60H42N4/c1-39-35-52(56-34-28-46-26-32-50-54(44-21-13-6-14-22-44)38-48(62-60(50)58(46)64-56)30-24-42-17-9-4-10-18-42)40(2)36-51(39)55-33-27-45-25-31-49-53(43-19-11-5-12-20-43)37-47(61-59(49)57(45)63-55)29-23-41-15-7-3-8-16-41/h3-38H,1-2H3/b29-23+,30-24+. The number of hydrogen-bond acceptors (Lipinski definition) is 4. The minimum Gasteiger partial charge on any atom is -0.246 e. The molecule has 0 unspecified atom stereocenters. The summed E-state index contributed by atoms with van der Waals surface area (Å²) in [5, 5.41) is 4.24. The topological polar surface area (TPSA) is 51.6 Å². The van der Waals surface area contributed by atoms with Crippen molar-refractivity contribution in [2.24, 2.45) is 0 Å². The monoisotopic (exact) mass is 818 g/mol. The van der Waals surface area contributed by atoms with Crippen molar-refractivity contribution in [2.45, 2.75) is 13.8 Å². The van der Waals surface area contributed by atoms with Crippen LogP contribution in [0.2, 0.25) is 0 Å². The lowest BCUT2D eigenvalue weighted by Crippen LogP contribution is -1.96. The molecule has 11 aromatic rings. The Morgan fingerprint density at radius 1 is 0.312 bits per heavy atom. The number of nitrogens with zero attached hydrogens (tertiary/aromatic N) is 4. The number of rotatable bonds is 8. The van der Waals surface area contributed by atoms with Crippen molar-refractivity contribution in [3.05, 3.63) is 228 Å². The van der Waals surface area contributed by atoms with Gasteiger partial charge in [-0.05, 0) is 107 Å². The number of hydrogen-bond donors (Lipinski definition) is 0. The van der Waals surface area contributed by atoms with Crippen molar-refractivity contribution in [1.82, 2.24) is 19.9 Å². The summed E-state index contributed by atoms with van der Waals surface area (Å²) < 4.78 is 0. The molecule has 0 aliphatic heterocycles. The van der Waals surface area contributed by atoms with Gasteiger partial charge in [0.25, 0.3) is 0 Å². The van der Waals surface area contributed by atoms with Gasteiger partial charge in [-0.15, -0.1) is 0 Å². The maximum Gasteiger partial charge on any atom is 0.0978 e. The molecule has 0 saturated heterocycles. The minimum absolute atomic E-state index is 0.881. The van der Waals surface area contributed by atoms with Gasteiger partial charge in [0, 0.05) is 32.7 Å². The normalized spacial score (nSPS) is 11.8. The lowest BCUT2D eigenvalue weighted by Gasteiger charge is -2.15. The lowest BCUT2D eigenvalue weighted by atomic mass is 9.94. The third kappa shape index (κ3) is 7.42. The first-order valence-electron chi connectivity index (χ1n) is 21.7. The Bertz CT molecular complexity index is 3360. The fourth-order valence-electron chi connectivity index (χ4n) is 8.83. The van der Waals surface area contributed by atoms with Crippen molar-refractivity contribution in [3.8, 4) is 44.8 Å². The number of fused-ring (bicyclic) bond motifs is 6. The zero-order valence-electron chi connectivity index (χ0n) is 35.6. The van der Waals surface area contributed by atoms with Gasteiger partial charge in [0.2, 0.25) is 0 Å². The highest BCUT2D eigenvalue weighted by atomic mass is 14.8. The first-order chi connectivity index (χ1) is 31.5. The second-order valence-electron chi connectivity index (χ2n) is 16.4. The third-order valence-electron chi connectivity index (χ3n) is 12.1. The Kier molecular flexibility index (Phi) is 9.95. The molecule has 0 bridgehead atoms. The lowest BCUT2D eigenvalue weighted by molar-refractivity contribution is 1.30. The van der Waals surface area contributed by atoms with Crippen molar-refractivity contribution < 1.29 is 0 Å². The fourth-order valence-corrected chi connectivity index (χ4v) is 8.83. The summed E-state index contributed by atoms with van der Waals surface area (Å²) in [7, 11) is 0. The second-order valence-corrected chi connectivity index (χ2v) is 16.4.